The van der Waals surface area contributed by atoms with Crippen molar-refractivity contribution in [2.45, 2.75) is 31.8 Å². The average molecular weight is 329 g/mol. The van der Waals surface area contributed by atoms with Crippen molar-refractivity contribution in [1.82, 2.24) is 14.8 Å². The van der Waals surface area contributed by atoms with Gasteiger partial charge >= 0.3 is 0 Å². The minimum atomic E-state index is -2.41. The largest absolute Gasteiger partial charge is 0.372 e. The molecule has 1 aromatic rings. The molecule has 0 spiro atoms. The predicted molar refractivity (Wildman–Crippen MR) is 83.5 cm³/mol. The SMILES string of the molecule is Cn1cccc1CCNC(=O)CN1CCC(OCC(F)F)CC1. The summed E-state index contributed by atoms with van der Waals surface area (Å²) in [6.07, 6.45) is 1.66. The van der Waals surface area contributed by atoms with Crippen molar-refractivity contribution in [1.29, 1.82) is 0 Å². The number of aromatic nitrogens is 1. The van der Waals surface area contributed by atoms with Crippen molar-refractivity contribution in [3.8, 4) is 0 Å². The highest BCUT2D eigenvalue weighted by atomic mass is 19.3. The highest BCUT2D eigenvalue weighted by Gasteiger charge is 2.22. The summed E-state index contributed by atoms with van der Waals surface area (Å²) < 4.78 is 31.4. The Bertz CT molecular complexity index is 485. The van der Waals surface area contributed by atoms with Gasteiger partial charge in [0.05, 0.1) is 12.6 Å². The summed E-state index contributed by atoms with van der Waals surface area (Å²) in [4.78, 5) is 14.0. The van der Waals surface area contributed by atoms with E-state index in [0.717, 1.165) is 6.42 Å². The molecule has 130 valence electrons. The van der Waals surface area contributed by atoms with E-state index in [9.17, 15) is 13.6 Å². The van der Waals surface area contributed by atoms with Gasteiger partial charge in [-0.15, -0.1) is 0 Å². The summed E-state index contributed by atoms with van der Waals surface area (Å²) in [6.45, 7) is 1.89. The van der Waals surface area contributed by atoms with Crippen LogP contribution in [0.5, 0.6) is 0 Å². The number of ether oxygens (including phenoxy) is 1. The van der Waals surface area contributed by atoms with E-state index in [1.54, 1.807) is 0 Å². The molecule has 1 N–H and O–H groups in total. The van der Waals surface area contributed by atoms with Crippen LogP contribution in [0.1, 0.15) is 18.5 Å². The lowest BCUT2D eigenvalue weighted by Gasteiger charge is -2.31. The summed E-state index contributed by atoms with van der Waals surface area (Å²) in [7, 11) is 1.98. The molecule has 0 bridgehead atoms. The Morgan fingerprint density at radius 2 is 2.17 bits per heavy atom. The summed E-state index contributed by atoms with van der Waals surface area (Å²) in [5, 5.41) is 2.92. The number of rotatable bonds is 8. The van der Waals surface area contributed by atoms with Crippen LogP contribution in [0.3, 0.4) is 0 Å². The Morgan fingerprint density at radius 1 is 1.43 bits per heavy atom. The number of alkyl halides is 2. The molecule has 0 atom stereocenters. The van der Waals surface area contributed by atoms with E-state index < -0.39 is 13.0 Å². The Morgan fingerprint density at radius 3 is 2.78 bits per heavy atom. The van der Waals surface area contributed by atoms with Crippen LogP contribution in [0.4, 0.5) is 8.78 Å². The number of piperidine rings is 1. The van der Waals surface area contributed by atoms with E-state index in [-0.39, 0.29) is 12.0 Å². The Balaban J connectivity index is 1.58. The third kappa shape index (κ3) is 6.27. The molecule has 1 aromatic heterocycles. The van der Waals surface area contributed by atoms with Crippen LogP contribution in [0.2, 0.25) is 0 Å². The maximum Gasteiger partial charge on any atom is 0.261 e. The fourth-order valence-electron chi connectivity index (χ4n) is 2.79. The molecule has 2 heterocycles. The molecule has 1 aliphatic rings. The molecule has 0 saturated carbocycles. The third-order valence-electron chi connectivity index (χ3n) is 4.11. The number of likely N-dealkylation sites (tertiary alicyclic amines) is 1. The van der Waals surface area contributed by atoms with Gasteiger partial charge in [-0.25, -0.2) is 8.78 Å². The zero-order chi connectivity index (χ0) is 16.7. The molecule has 5 nitrogen and oxygen atoms in total. The van der Waals surface area contributed by atoms with Crippen molar-refractivity contribution in [2.24, 2.45) is 7.05 Å². The van der Waals surface area contributed by atoms with Crippen LogP contribution in [0.15, 0.2) is 18.3 Å². The molecular formula is C16H25F2N3O2. The van der Waals surface area contributed by atoms with Crippen LogP contribution in [0, 0.1) is 0 Å². The quantitative estimate of drug-likeness (QED) is 0.785. The molecule has 0 aliphatic carbocycles. The Kier molecular flexibility index (Phi) is 6.98. The first kappa shape index (κ1) is 17.9. The molecular weight excluding hydrogens is 304 g/mol. The van der Waals surface area contributed by atoms with Gasteiger partial charge in [0, 0.05) is 45.0 Å². The second-order valence-corrected chi connectivity index (χ2v) is 5.91. The summed E-state index contributed by atoms with van der Waals surface area (Å²) in [5.74, 6) is 0.00570. The minimum absolute atomic E-state index is 0.00570. The molecule has 1 aliphatic heterocycles. The van der Waals surface area contributed by atoms with E-state index >= 15 is 0 Å². The minimum Gasteiger partial charge on any atom is -0.372 e. The number of carbonyl (C=O) groups is 1. The maximum absolute atomic E-state index is 12.1. The van der Waals surface area contributed by atoms with Crippen molar-refractivity contribution in [2.75, 3.05) is 32.8 Å². The van der Waals surface area contributed by atoms with E-state index in [1.165, 1.54) is 5.69 Å². The van der Waals surface area contributed by atoms with Crippen LogP contribution >= 0.6 is 0 Å². The van der Waals surface area contributed by atoms with E-state index in [4.69, 9.17) is 4.74 Å². The van der Waals surface area contributed by atoms with Gasteiger partial charge in [-0.05, 0) is 25.0 Å². The number of carbonyl (C=O) groups excluding carboxylic acids is 1. The standard InChI is InChI=1S/C16H25F2N3O2/c1-20-8-2-3-13(20)4-7-19-16(22)11-21-9-5-14(6-10-21)23-12-15(17)18/h2-3,8,14-15H,4-7,9-12H2,1H3,(H,19,22). The van der Waals surface area contributed by atoms with E-state index in [0.29, 0.717) is 39.0 Å². The zero-order valence-corrected chi connectivity index (χ0v) is 13.5. The van der Waals surface area contributed by atoms with E-state index in [1.807, 2.05) is 34.8 Å². The first-order valence-electron chi connectivity index (χ1n) is 8.03. The topological polar surface area (TPSA) is 46.5 Å². The second kappa shape index (κ2) is 8.98. The number of halogens is 2. The van der Waals surface area contributed by atoms with Gasteiger partial charge in [0.2, 0.25) is 5.91 Å². The zero-order valence-electron chi connectivity index (χ0n) is 13.5. The predicted octanol–water partition coefficient (Wildman–Crippen LogP) is 1.43. The highest BCUT2D eigenvalue weighted by molar-refractivity contribution is 5.78. The molecule has 7 heteroatoms. The Hall–Kier alpha value is -1.47. The number of hydrogen-bond donors (Lipinski definition) is 1. The molecule has 0 radical (unpaired) electrons. The Labute approximate surface area is 135 Å². The van der Waals surface area contributed by atoms with Crippen LogP contribution < -0.4 is 5.32 Å². The van der Waals surface area contributed by atoms with Crippen LogP contribution in [-0.2, 0) is 23.0 Å². The molecule has 1 amide bonds. The van der Waals surface area contributed by atoms with E-state index in [2.05, 4.69) is 5.32 Å². The lowest BCUT2D eigenvalue weighted by Crippen LogP contribution is -2.43. The molecule has 1 saturated heterocycles. The number of nitrogens with one attached hydrogen (secondary N) is 1. The van der Waals surface area contributed by atoms with Gasteiger partial charge in [-0.3, -0.25) is 9.69 Å². The number of nitrogens with zero attached hydrogens (tertiary/aromatic N) is 2. The number of amides is 1. The lowest BCUT2D eigenvalue weighted by atomic mass is 10.1. The molecule has 0 unspecified atom stereocenters. The van der Waals surface area contributed by atoms with Crippen molar-refractivity contribution < 1.29 is 18.3 Å². The molecule has 0 aromatic carbocycles. The second-order valence-electron chi connectivity index (χ2n) is 5.91. The summed E-state index contributed by atoms with van der Waals surface area (Å²) in [5.41, 5.74) is 1.18. The third-order valence-corrected chi connectivity index (χ3v) is 4.11. The van der Waals surface area contributed by atoms with Crippen molar-refractivity contribution in [3.05, 3.63) is 24.0 Å². The number of hydrogen-bond acceptors (Lipinski definition) is 3. The van der Waals surface area contributed by atoms with Gasteiger partial charge in [0.1, 0.15) is 6.61 Å². The fourth-order valence-corrected chi connectivity index (χ4v) is 2.79. The van der Waals surface area contributed by atoms with Crippen LogP contribution in [0.25, 0.3) is 0 Å². The van der Waals surface area contributed by atoms with Gasteiger partial charge in [-0.1, -0.05) is 0 Å². The lowest BCUT2D eigenvalue weighted by molar-refractivity contribution is -0.123. The maximum atomic E-state index is 12.1. The van der Waals surface area contributed by atoms with Crippen molar-refractivity contribution in [3.63, 3.8) is 0 Å². The van der Waals surface area contributed by atoms with Gasteiger partial charge < -0.3 is 14.6 Å². The molecule has 1 fully saturated rings. The van der Waals surface area contributed by atoms with Crippen LogP contribution in [-0.4, -0.2) is 60.7 Å². The highest BCUT2D eigenvalue weighted by Crippen LogP contribution is 2.14. The fraction of sp³-hybridized carbons (Fsp3) is 0.688. The summed E-state index contributed by atoms with van der Waals surface area (Å²) in [6, 6.07) is 4.02. The smallest absolute Gasteiger partial charge is 0.261 e. The number of aryl methyl sites for hydroxylation is 1. The van der Waals surface area contributed by atoms with Gasteiger partial charge in [-0.2, -0.15) is 0 Å². The molecule has 2 rings (SSSR count). The van der Waals surface area contributed by atoms with Gasteiger partial charge in [0.15, 0.2) is 0 Å². The first-order valence-corrected chi connectivity index (χ1v) is 8.03. The monoisotopic (exact) mass is 329 g/mol. The van der Waals surface area contributed by atoms with Crippen molar-refractivity contribution >= 4 is 5.91 Å². The molecule has 23 heavy (non-hydrogen) atoms. The van der Waals surface area contributed by atoms with Gasteiger partial charge in [0.25, 0.3) is 6.43 Å². The summed E-state index contributed by atoms with van der Waals surface area (Å²) >= 11 is 0. The first-order chi connectivity index (χ1) is 11.0. The normalized spacial score (nSPS) is 16.9. The average Bonchev–Trinajstić information content (AvgIpc) is 2.92.